The molecular formula is C14H12FNO5. The molecule has 0 saturated carbocycles. The second-order valence-corrected chi connectivity index (χ2v) is 4.09. The fourth-order valence-electron chi connectivity index (χ4n) is 1.56. The van der Waals surface area contributed by atoms with E-state index in [-0.39, 0.29) is 18.9 Å². The molecule has 7 heteroatoms. The summed E-state index contributed by atoms with van der Waals surface area (Å²) in [5, 5.41) is 11.2. The first-order valence-corrected chi connectivity index (χ1v) is 6.01. The van der Waals surface area contributed by atoms with Crippen molar-refractivity contribution in [1.29, 1.82) is 0 Å². The molecule has 0 saturated heterocycles. The highest BCUT2D eigenvalue weighted by molar-refractivity contribution is 5.88. The number of furan rings is 1. The van der Waals surface area contributed by atoms with E-state index < -0.39 is 23.3 Å². The van der Waals surface area contributed by atoms with E-state index in [0.29, 0.717) is 5.76 Å². The van der Waals surface area contributed by atoms with E-state index in [0.717, 1.165) is 12.1 Å². The monoisotopic (exact) mass is 293 g/mol. The minimum absolute atomic E-state index is 0.0747. The van der Waals surface area contributed by atoms with E-state index in [2.05, 4.69) is 5.32 Å². The summed E-state index contributed by atoms with van der Waals surface area (Å²) in [6.07, 6.45) is 1.49. The molecular weight excluding hydrogens is 281 g/mol. The van der Waals surface area contributed by atoms with Gasteiger partial charge in [-0.15, -0.1) is 0 Å². The Bertz CT molecular complexity index is 639. The number of carboxylic acid groups (broad SMARTS) is 1. The van der Waals surface area contributed by atoms with Gasteiger partial charge in [-0.2, -0.15) is 0 Å². The number of carboxylic acids is 1. The molecule has 0 bridgehead atoms. The molecule has 1 heterocycles. The average Bonchev–Trinajstić information content (AvgIpc) is 2.95. The molecule has 2 aromatic rings. The standard InChI is InChI=1S/C14H12FNO5/c15-12-6-9(3-4-11(12)14(18)19)21-8-13(17)16-7-10-2-1-5-20-10/h1-6H,7-8H2,(H,16,17)(H,18,19). The van der Waals surface area contributed by atoms with Crippen molar-refractivity contribution in [3.8, 4) is 5.75 Å². The van der Waals surface area contributed by atoms with Crippen LogP contribution in [0.2, 0.25) is 0 Å². The fourth-order valence-corrected chi connectivity index (χ4v) is 1.56. The molecule has 1 aromatic carbocycles. The molecule has 110 valence electrons. The van der Waals surface area contributed by atoms with Crippen LogP contribution in [0, 0.1) is 5.82 Å². The summed E-state index contributed by atoms with van der Waals surface area (Å²) in [6, 6.07) is 6.69. The second kappa shape index (κ2) is 6.56. The number of carbonyl (C=O) groups excluding carboxylic acids is 1. The lowest BCUT2D eigenvalue weighted by Crippen LogP contribution is -2.28. The number of halogens is 1. The van der Waals surface area contributed by atoms with Crippen molar-refractivity contribution in [2.24, 2.45) is 0 Å². The Morgan fingerprint density at radius 3 is 2.76 bits per heavy atom. The molecule has 0 aliphatic rings. The van der Waals surface area contributed by atoms with E-state index in [4.69, 9.17) is 14.3 Å². The molecule has 1 amide bonds. The Labute approximate surface area is 119 Å². The van der Waals surface area contributed by atoms with Crippen molar-refractivity contribution in [2.75, 3.05) is 6.61 Å². The Morgan fingerprint density at radius 1 is 1.33 bits per heavy atom. The summed E-state index contributed by atoms with van der Waals surface area (Å²) in [4.78, 5) is 22.1. The molecule has 0 fully saturated rings. The van der Waals surface area contributed by atoms with Gasteiger partial charge in [0.1, 0.15) is 17.3 Å². The van der Waals surface area contributed by atoms with Gasteiger partial charge in [-0.1, -0.05) is 0 Å². The van der Waals surface area contributed by atoms with Gasteiger partial charge in [0.25, 0.3) is 5.91 Å². The summed E-state index contributed by atoms with van der Waals surface area (Å²) in [6.45, 7) is -0.0892. The van der Waals surface area contributed by atoms with Crippen LogP contribution < -0.4 is 10.1 Å². The van der Waals surface area contributed by atoms with Gasteiger partial charge in [-0.3, -0.25) is 4.79 Å². The van der Waals surface area contributed by atoms with Gasteiger partial charge in [-0.25, -0.2) is 9.18 Å². The molecule has 0 aliphatic heterocycles. The lowest BCUT2D eigenvalue weighted by atomic mass is 10.2. The molecule has 2 rings (SSSR count). The minimum atomic E-state index is -1.37. The molecule has 0 atom stereocenters. The van der Waals surface area contributed by atoms with E-state index in [1.54, 1.807) is 12.1 Å². The van der Waals surface area contributed by atoms with Crippen molar-refractivity contribution >= 4 is 11.9 Å². The highest BCUT2D eigenvalue weighted by Gasteiger charge is 2.11. The number of rotatable bonds is 6. The zero-order valence-corrected chi connectivity index (χ0v) is 10.8. The molecule has 21 heavy (non-hydrogen) atoms. The molecule has 0 aliphatic carbocycles. The topological polar surface area (TPSA) is 88.8 Å². The number of hydrogen-bond acceptors (Lipinski definition) is 4. The predicted molar refractivity (Wildman–Crippen MR) is 69.4 cm³/mol. The predicted octanol–water partition coefficient (Wildman–Crippen LogP) is 1.81. The smallest absolute Gasteiger partial charge is 0.338 e. The Balaban J connectivity index is 1.83. The van der Waals surface area contributed by atoms with Crippen molar-refractivity contribution in [3.63, 3.8) is 0 Å². The minimum Gasteiger partial charge on any atom is -0.484 e. The van der Waals surface area contributed by atoms with Gasteiger partial charge in [-0.05, 0) is 24.3 Å². The van der Waals surface area contributed by atoms with Crippen LogP contribution in [0.1, 0.15) is 16.1 Å². The van der Waals surface area contributed by atoms with Crippen molar-refractivity contribution in [3.05, 3.63) is 53.7 Å². The quantitative estimate of drug-likeness (QED) is 0.848. The lowest BCUT2D eigenvalue weighted by Gasteiger charge is -2.07. The lowest BCUT2D eigenvalue weighted by molar-refractivity contribution is -0.123. The third-order valence-corrected chi connectivity index (χ3v) is 2.58. The van der Waals surface area contributed by atoms with Crippen molar-refractivity contribution in [1.82, 2.24) is 5.32 Å². The van der Waals surface area contributed by atoms with Crippen LogP contribution in [0.5, 0.6) is 5.75 Å². The van der Waals surface area contributed by atoms with Gasteiger partial charge in [0.2, 0.25) is 0 Å². The van der Waals surface area contributed by atoms with Crippen LogP contribution in [0.15, 0.2) is 41.0 Å². The molecule has 1 aromatic heterocycles. The first kappa shape index (κ1) is 14.6. The number of hydrogen-bond donors (Lipinski definition) is 2. The maximum absolute atomic E-state index is 13.4. The number of amides is 1. The zero-order chi connectivity index (χ0) is 15.2. The number of benzene rings is 1. The Kier molecular flexibility index (Phi) is 4.55. The van der Waals surface area contributed by atoms with Gasteiger partial charge < -0.3 is 19.6 Å². The third kappa shape index (κ3) is 4.07. The Hall–Kier alpha value is -2.83. The van der Waals surface area contributed by atoms with Crippen molar-refractivity contribution in [2.45, 2.75) is 6.54 Å². The van der Waals surface area contributed by atoms with Crippen LogP contribution in [0.4, 0.5) is 4.39 Å². The highest BCUT2D eigenvalue weighted by atomic mass is 19.1. The van der Waals surface area contributed by atoms with Gasteiger partial charge >= 0.3 is 5.97 Å². The molecule has 6 nitrogen and oxygen atoms in total. The van der Waals surface area contributed by atoms with Crippen molar-refractivity contribution < 1.29 is 28.2 Å². The summed E-state index contributed by atoms with van der Waals surface area (Å²) >= 11 is 0. The van der Waals surface area contributed by atoms with Gasteiger partial charge in [0.05, 0.1) is 18.4 Å². The average molecular weight is 293 g/mol. The van der Waals surface area contributed by atoms with E-state index in [9.17, 15) is 14.0 Å². The summed E-state index contributed by atoms with van der Waals surface area (Å²) in [5.74, 6) is -2.02. The van der Waals surface area contributed by atoms with Crippen LogP contribution in [-0.2, 0) is 11.3 Å². The van der Waals surface area contributed by atoms with Crippen LogP contribution in [0.25, 0.3) is 0 Å². The molecule has 0 spiro atoms. The van der Waals surface area contributed by atoms with Crippen LogP contribution in [-0.4, -0.2) is 23.6 Å². The molecule has 2 N–H and O–H groups in total. The van der Waals surface area contributed by atoms with E-state index in [1.807, 2.05) is 0 Å². The molecule has 0 unspecified atom stereocenters. The maximum atomic E-state index is 13.4. The summed E-state index contributed by atoms with van der Waals surface area (Å²) in [5.41, 5.74) is -0.454. The Morgan fingerprint density at radius 2 is 2.14 bits per heavy atom. The van der Waals surface area contributed by atoms with Gasteiger partial charge in [0, 0.05) is 6.07 Å². The highest BCUT2D eigenvalue weighted by Crippen LogP contribution is 2.16. The van der Waals surface area contributed by atoms with Crippen LogP contribution >= 0.6 is 0 Å². The first-order valence-electron chi connectivity index (χ1n) is 6.01. The SMILES string of the molecule is O=C(COc1ccc(C(=O)O)c(F)c1)NCc1ccco1. The number of carbonyl (C=O) groups is 2. The zero-order valence-electron chi connectivity index (χ0n) is 10.8. The number of ether oxygens (including phenoxy) is 1. The largest absolute Gasteiger partial charge is 0.484 e. The maximum Gasteiger partial charge on any atom is 0.338 e. The molecule has 0 radical (unpaired) electrons. The van der Waals surface area contributed by atoms with Gasteiger partial charge in [0.15, 0.2) is 6.61 Å². The number of nitrogens with one attached hydrogen (secondary N) is 1. The third-order valence-electron chi connectivity index (χ3n) is 2.58. The van der Waals surface area contributed by atoms with E-state index >= 15 is 0 Å². The van der Waals surface area contributed by atoms with Crippen LogP contribution in [0.3, 0.4) is 0 Å². The number of aromatic carboxylic acids is 1. The fraction of sp³-hybridized carbons (Fsp3) is 0.143. The summed E-state index contributed by atoms with van der Waals surface area (Å²) < 4.78 is 23.5. The second-order valence-electron chi connectivity index (χ2n) is 4.09. The normalized spacial score (nSPS) is 10.1. The summed E-state index contributed by atoms with van der Waals surface area (Å²) in [7, 11) is 0. The first-order chi connectivity index (χ1) is 10.1. The van der Waals surface area contributed by atoms with E-state index in [1.165, 1.54) is 12.3 Å².